The standard InChI is InChI=1S/C14H14ClN3O3/c15-10-2-1-8-6-18(7-9(8)5-10)12(19)4-3-11-13(20)17-14(21)16-11/h1-2,5,11H,3-4,6-7H2,(H2,16,17,20,21). The predicted octanol–water partition coefficient (Wildman–Crippen LogP) is 1.17. The molecule has 0 spiro atoms. The van der Waals surface area contributed by atoms with E-state index in [2.05, 4.69) is 10.6 Å². The number of halogens is 1. The van der Waals surface area contributed by atoms with Crippen molar-refractivity contribution in [1.82, 2.24) is 15.5 Å². The quantitative estimate of drug-likeness (QED) is 0.823. The summed E-state index contributed by atoms with van der Waals surface area (Å²) in [4.78, 5) is 36.3. The molecule has 1 aromatic rings. The molecule has 21 heavy (non-hydrogen) atoms. The Hall–Kier alpha value is -2.08. The number of rotatable bonds is 3. The molecule has 2 heterocycles. The Bertz CT molecular complexity index is 632. The zero-order valence-electron chi connectivity index (χ0n) is 11.2. The van der Waals surface area contributed by atoms with Crippen molar-refractivity contribution in [2.24, 2.45) is 0 Å². The van der Waals surface area contributed by atoms with Gasteiger partial charge in [-0.3, -0.25) is 14.9 Å². The van der Waals surface area contributed by atoms with Crippen molar-refractivity contribution in [1.29, 1.82) is 0 Å². The van der Waals surface area contributed by atoms with E-state index in [4.69, 9.17) is 11.6 Å². The number of imide groups is 1. The van der Waals surface area contributed by atoms with Crippen LogP contribution in [0.1, 0.15) is 24.0 Å². The molecule has 1 fully saturated rings. The molecule has 7 heteroatoms. The first-order valence-electron chi connectivity index (χ1n) is 6.69. The molecule has 110 valence electrons. The summed E-state index contributed by atoms with van der Waals surface area (Å²) in [5.74, 6) is -0.402. The van der Waals surface area contributed by atoms with E-state index in [-0.39, 0.29) is 18.2 Å². The van der Waals surface area contributed by atoms with E-state index < -0.39 is 12.1 Å². The van der Waals surface area contributed by atoms with Crippen LogP contribution in [0.2, 0.25) is 5.02 Å². The molecule has 1 atom stereocenters. The fraction of sp³-hybridized carbons (Fsp3) is 0.357. The normalized spacial score (nSPS) is 20.2. The molecule has 0 bridgehead atoms. The van der Waals surface area contributed by atoms with Crippen LogP contribution in [0.3, 0.4) is 0 Å². The van der Waals surface area contributed by atoms with Crippen LogP contribution in [0, 0.1) is 0 Å². The molecule has 1 unspecified atom stereocenters. The van der Waals surface area contributed by atoms with Crippen molar-refractivity contribution >= 4 is 29.4 Å². The minimum atomic E-state index is -0.610. The van der Waals surface area contributed by atoms with Crippen molar-refractivity contribution in [3.63, 3.8) is 0 Å². The van der Waals surface area contributed by atoms with Crippen molar-refractivity contribution in [3.8, 4) is 0 Å². The Labute approximate surface area is 126 Å². The second-order valence-electron chi connectivity index (χ2n) is 5.22. The maximum Gasteiger partial charge on any atom is 0.322 e. The zero-order valence-corrected chi connectivity index (χ0v) is 11.9. The topological polar surface area (TPSA) is 78.5 Å². The van der Waals surface area contributed by atoms with Crippen LogP contribution < -0.4 is 10.6 Å². The number of carbonyl (C=O) groups excluding carboxylic acids is 3. The Kier molecular flexibility index (Phi) is 3.55. The second kappa shape index (κ2) is 5.37. The van der Waals surface area contributed by atoms with Crippen molar-refractivity contribution in [3.05, 3.63) is 34.3 Å². The summed E-state index contributed by atoms with van der Waals surface area (Å²) in [6, 6.07) is 4.50. The van der Waals surface area contributed by atoms with E-state index in [0.29, 0.717) is 24.5 Å². The first-order chi connectivity index (χ1) is 10.0. The highest BCUT2D eigenvalue weighted by atomic mass is 35.5. The van der Waals surface area contributed by atoms with E-state index in [1.165, 1.54) is 0 Å². The third-order valence-electron chi connectivity index (χ3n) is 3.75. The summed E-state index contributed by atoms with van der Waals surface area (Å²) in [5.41, 5.74) is 2.16. The number of carbonyl (C=O) groups is 3. The minimum Gasteiger partial charge on any atom is -0.334 e. The molecule has 6 nitrogen and oxygen atoms in total. The molecule has 0 aromatic heterocycles. The highest BCUT2D eigenvalue weighted by Crippen LogP contribution is 2.26. The maximum atomic E-state index is 12.2. The molecule has 2 aliphatic heterocycles. The lowest BCUT2D eigenvalue weighted by Gasteiger charge is -2.16. The van der Waals surface area contributed by atoms with Gasteiger partial charge in [-0.2, -0.15) is 0 Å². The summed E-state index contributed by atoms with van der Waals surface area (Å²) >= 11 is 5.94. The van der Waals surface area contributed by atoms with Gasteiger partial charge < -0.3 is 10.2 Å². The van der Waals surface area contributed by atoms with Gasteiger partial charge in [0.05, 0.1) is 0 Å². The van der Waals surface area contributed by atoms with Crippen LogP contribution in [0.4, 0.5) is 4.79 Å². The molecule has 0 saturated carbocycles. The van der Waals surface area contributed by atoms with Gasteiger partial charge in [0, 0.05) is 24.5 Å². The smallest absolute Gasteiger partial charge is 0.322 e. The minimum absolute atomic E-state index is 0.0312. The maximum absolute atomic E-state index is 12.2. The lowest BCUT2D eigenvalue weighted by atomic mass is 10.1. The van der Waals surface area contributed by atoms with E-state index in [1.807, 2.05) is 18.2 Å². The van der Waals surface area contributed by atoms with Gasteiger partial charge in [0.25, 0.3) is 5.91 Å². The fourth-order valence-electron chi connectivity index (χ4n) is 2.63. The van der Waals surface area contributed by atoms with Gasteiger partial charge in [0.1, 0.15) is 6.04 Å². The molecule has 3 rings (SSSR count). The molecule has 1 aromatic carbocycles. The highest BCUT2D eigenvalue weighted by Gasteiger charge is 2.31. The third-order valence-corrected chi connectivity index (χ3v) is 3.98. The van der Waals surface area contributed by atoms with Crippen LogP contribution in [-0.2, 0) is 22.7 Å². The number of hydrogen-bond donors (Lipinski definition) is 2. The number of benzene rings is 1. The number of nitrogens with zero attached hydrogens (tertiary/aromatic N) is 1. The molecular weight excluding hydrogens is 294 g/mol. The Morgan fingerprint density at radius 3 is 2.76 bits per heavy atom. The first kappa shape index (κ1) is 13.9. The van der Waals surface area contributed by atoms with E-state index >= 15 is 0 Å². The van der Waals surface area contributed by atoms with Gasteiger partial charge in [0.2, 0.25) is 5.91 Å². The Morgan fingerprint density at radius 2 is 2.05 bits per heavy atom. The average molecular weight is 308 g/mol. The lowest BCUT2D eigenvalue weighted by Crippen LogP contribution is -2.32. The van der Waals surface area contributed by atoms with Gasteiger partial charge in [0.15, 0.2) is 0 Å². The van der Waals surface area contributed by atoms with Gasteiger partial charge in [-0.1, -0.05) is 17.7 Å². The van der Waals surface area contributed by atoms with Gasteiger partial charge in [-0.25, -0.2) is 4.79 Å². The summed E-state index contributed by atoms with van der Waals surface area (Å²) in [6.07, 6.45) is 0.532. The first-order valence-corrected chi connectivity index (χ1v) is 7.07. The SMILES string of the molecule is O=C1NC(=O)C(CCC(=O)N2Cc3ccc(Cl)cc3C2)N1. The summed E-state index contributed by atoms with van der Waals surface area (Å²) in [6.45, 7) is 1.10. The zero-order chi connectivity index (χ0) is 15.0. The van der Waals surface area contributed by atoms with Crippen LogP contribution in [-0.4, -0.2) is 28.8 Å². The monoisotopic (exact) mass is 307 g/mol. The Morgan fingerprint density at radius 1 is 1.29 bits per heavy atom. The molecule has 2 aliphatic rings. The fourth-order valence-corrected chi connectivity index (χ4v) is 2.82. The number of amides is 4. The van der Waals surface area contributed by atoms with Gasteiger partial charge in [-0.15, -0.1) is 0 Å². The molecule has 4 amide bonds. The molecule has 0 aliphatic carbocycles. The van der Waals surface area contributed by atoms with Crippen molar-refractivity contribution < 1.29 is 14.4 Å². The van der Waals surface area contributed by atoms with Gasteiger partial charge >= 0.3 is 6.03 Å². The molecule has 0 radical (unpaired) electrons. The summed E-state index contributed by atoms with van der Waals surface area (Å²) < 4.78 is 0. The predicted molar refractivity (Wildman–Crippen MR) is 75.4 cm³/mol. The number of nitrogens with one attached hydrogen (secondary N) is 2. The summed E-state index contributed by atoms with van der Waals surface area (Å²) in [7, 11) is 0. The van der Waals surface area contributed by atoms with Crippen molar-refractivity contribution in [2.45, 2.75) is 32.0 Å². The Balaban J connectivity index is 1.56. The number of fused-ring (bicyclic) bond motifs is 1. The molecule has 1 saturated heterocycles. The van der Waals surface area contributed by atoms with Crippen LogP contribution >= 0.6 is 11.6 Å². The number of hydrogen-bond acceptors (Lipinski definition) is 3. The summed E-state index contributed by atoms with van der Waals surface area (Å²) in [5, 5.41) is 5.30. The van der Waals surface area contributed by atoms with E-state index in [1.54, 1.807) is 4.90 Å². The van der Waals surface area contributed by atoms with Gasteiger partial charge in [-0.05, 0) is 29.7 Å². The van der Waals surface area contributed by atoms with E-state index in [9.17, 15) is 14.4 Å². The van der Waals surface area contributed by atoms with Crippen LogP contribution in [0.25, 0.3) is 0 Å². The largest absolute Gasteiger partial charge is 0.334 e. The second-order valence-corrected chi connectivity index (χ2v) is 5.65. The van der Waals surface area contributed by atoms with Crippen LogP contribution in [0.5, 0.6) is 0 Å². The molecule has 2 N–H and O–H groups in total. The lowest BCUT2D eigenvalue weighted by molar-refractivity contribution is -0.132. The van der Waals surface area contributed by atoms with Crippen molar-refractivity contribution in [2.75, 3.05) is 0 Å². The van der Waals surface area contributed by atoms with Crippen LogP contribution in [0.15, 0.2) is 18.2 Å². The third kappa shape index (κ3) is 2.85. The average Bonchev–Trinajstić information content (AvgIpc) is 2.98. The number of urea groups is 1. The van der Waals surface area contributed by atoms with E-state index in [0.717, 1.165) is 11.1 Å². The molecular formula is C14H14ClN3O3. The highest BCUT2D eigenvalue weighted by molar-refractivity contribution is 6.30.